The Hall–Kier alpha value is -4.96. The summed E-state index contributed by atoms with van der Waals surface area (Å²) in [6, 6.07) is 14.5. The number of aliphatic hydroxyl groups is 3. The van der Waals surface area contributed by atoms with Gasteiger partial charge in [0.2, 0.25) is 11.6 Å². The number of alkyl carbamates (subject to hydrolysis) is 1. The maximum absolute atomic E-state index is 14.8. The van der Waals surface area contributed by atoms with Crippen LogP contribution in [0.2, 0.25) is 0 Å². The average molecular weight is 806 g/mol. The van der Waals surface area contributed by atoms with E-state index in [1.165, 1.54) is 39.8 Å². The van der Waals surface area contributed by atoms with Crippen molar-refractivity contribution in [1.82, 2.24) is 5.32 Å². The van der Waals surface area contributed by atoms with Crippen LogP contribution in [0.1, 0.15) is 90.2 Å². The molecule has 1 amide bonds. The van der Waals surface area contributed by atoms with Crippen molar-refractivity contribution < 1.29 is 67.8 Å². The van der Waals surface area contributed by atoms with Crippen molar-refractivity contribution in [3.63, 3.8) is 0 Å². The fraction of sp³-hybridized carbons (Fsp3) is 0.535. The van der Waals surface area contributed by atoms with E-state index in [0.717, 1.165) is 6.92 Å². The Morgan fingerprint density at radius 3 is 2.10 bits per heavy atom. The Morgan fingerprint density at radius 1 is 0.948 bits per heavy atom. The molecule has 0 radical (unpaired) electrons. The minimum atomic E-state index is -2.41. The Morgan fingerprint density at radius 2 is 1.55 bits per heavy atom. The molecule has 312 valence electrons. The zero-order chi connectivity index (χ0) is 42.7. The molecule has 0 unspecified atom stereocenters. The standard InChI is InChI=1S/C43H51NO14/c1-22-26(55-37(51)32(48)30(24-15-11-9-12-16-24)44-38(52)58-39(3,4)5)20-43(53)35(56-36(50)25-17-13-10-14-18-25)33-41(8,34(49)31(47)29(22)40(43,6)7)27(46)19-28-42(33,21-54-28)57-23(2)45/h9-18,26-28,30,32-33,35,46,48,53H,19-21H2,1-8H3,(H,44,52)/t26-,27-,28+,30-,32+,33-,35-,41+,42-,43+/m0/s1. The number of benzene rings is 2. The van der Waals surface area contributed by atoms with Crippen molar-refractivity contribution in [2.24, 2.45) is 16.7 Å². The second-order valence-electron chi connectivity index (χ2n) is 17.4. The van der Waals surface area contributed by atoms with Crippen molar-refractivity contribution in [2.75, 3.05) is 6.61 Å². The lowest BCUT2D eigenvalue weighted by atomic mass is 9.45. The Bertz CT molecular complexity index is 2020. The first-order valence-electron chi connectivity index (χ1n) is 19.2. The second-order valence-corrected chi connectivity index (χ2v) is 17.4. The number of carbonyl (C=O) groups excluding carboxylic acids is 6. The number of carbonyl (C=O) groups is 6. The van der Waals surface area contributed by atoms with Crippen LogP contribution in [-0.4, -0.2) is 105 Å². The quantitative estimate of drug-likeness (QED) is 0.171. The summed E-state index contributed by atoms with van der Waals surface area (Å²) in [6.07, 6.45) is -9.78. The number of ketones is 2. The van der Waals surface area contributed by atoms with Crippen LogP contribution in [0.25, 0.3) is 0 Å². The minimum Gasteiger partial charge on any atom is -0.456 e. The summed E-state index contributed by atoms with van der Waals surface area (Å²) in [5.41, 5.74) is -8.77. The van der Waals surface area contributed by atoms with Crippen LogP contribution in [0.4, 0.5) is 4.79 Å². The monoisotopic (exact) mass is 805 g/mol. The summed E-state index contributed by atoms with van der Waals surface area (Å²) in [7, 11) is 0. The average Bonchev–Trinajstić information content (AvgIpc) is 3.14. The molecule has 4 aliphatic rings. The van der Waals surface area contributed by atoms with Gasteiger partial charge in [0.1, 0.15) is 29.5 Å². The summed E-state index contributed by atoms with van der Waals surface area (Å²) in [4.78, 5) is 83.5. The zero-order valence-corrected chi connectivity index (χ0v) is 33.8. The van der Waals surface area contributed by atoms with Gasteiger partial charge in [0.05, 0.1) is 35.6 Å². The molecule has 2 aromatic carbocycles. The van der Waals surface area contributed by atoms with E-state index in [0.29, 0.717) is 5.56 Å². The van der Waals surface area contributed by atoms with E-state index in [1.807, 2.05) is 0 Å². The summed E-state index contributed by atoms with van der Waals surface area (Å²) in [6.45, 7) is 11.5. The van der Waals surface area contributed by atoms with Crippen molar-refractivity contribution in [3.05, 3.63) is 82.9 Å². The van der Waals surface area contributed by atoms with Crippen LogP contribution in [-0.2, 0) is 42.9 Å². The van der Waals surface area contributed by atoms with E-state index in [-0.39, 0.29) is 29.7 Å². The van der Waals surface area contributed by atoms with Crippen molar-refractivity contribution >= 4 is 35.6 Å². The summed E-state index contributed by atoms with van der Waals surface area (Å²) in [5.74, 6) is -6.80. The number of esters is 3. The van der Waals surface area contributed by atoms with Gasteiger partial charge in [-0.25, -0.2) is 14.4 Å². The number of amides is 1. The molecule has 6 rings (SSSR count). The molecule has 2 saturated carbocycles. The SMILES string of the molecule is CC(=O)O[C@@]12CO[C@@H]1C[C@H](O)[C@@]1(C)C(=O)C(=O)C3=C(C)[C@@H](OC(=O)[C@H](O)[C@@H](NC(=O)OC(C)(C)C)c4ccccc4)C[C@@](O)([C@@H](OC(=O)c4ccccc4)[C@H]21)C3(C)C. The largest absolute Gasteiger partial charge is 0.456 e. The van der Waals surface area contributed by atoms with Gasteiger partial charge in [-0.15, -0.1) is 0 Å². The van der Waals surface area contributed by atoms with Crippen molar-refractivity contribution in [3.8, 4) is 0 Å². The van der Waals surface area contributed by atoms with Gasteiger partial charge in [0.25, 0.3) is 0 Å². The summed E-state index contributed by atoms with van der Waals surface area (Å²) < 4.78 is 29.4. The van der Waals surface area contributed by atoms with Crippen LogP contribution < -0.4 is 5.32 Å². The molecule has 1 saturated heterocycles. The predicted octanol–water partition coefficient (Wildman–Crippen LogP) is 3.47. The third-order valence-corrected chi connectivity index (χ3v) is 12.4. The Balaban J connectivity index is 1.49. The minimum absolute atomic E-state index is 0.0602. The van der Waals surface area contributed by atoms with Gasteiger partial charge in [-0.2, -0.15) is 0 Å². The molecule has 58 heavy (non-hydrogen) atoms. The molecule has 0 spiro atoms. The Kier molecular flexibility index (Phi) is 11.0. The van der Waals surface area contributed by atoms with E-state index in [1.54, 1.807) is 69.3 Å². The molecule has 2 aromatic rings. The maximum Gasteiger partial charge on any atom is 0.408 e. The number of aliphatic hydroxyl groups excluding tert-OH is 2. The highest BCUT2D eigenvalue weighted by molar-refractivity contribution is 6.46. The van der Waals surface area contributed by atoms with Gasteiger partial charge in [-0.05, 0) is 57.9 Å². The van der Waals surface area contributed by atoms with E-state index >= 15 is 0 Å². The molecule has 10 atom stereocenters. The zero-order valence-electron chi connectivity index (χ0n) is 33.8. The number of rotatable bonds is 8. The highest BCUT2D eigenvalue weighted by atomic mass is 16.6. The normalized spacial score (nSPS) is 32.4. The maximum atomic E-state index is 14.8. The molecule has 1 heterocycles. The first kappa shape index (κ1) is 42.6. The highest BCUT2D eigenvalue weighted by Gasteiger charge is 2.78. The number of nitrogens with one attached hydrogen (secondary N) is 1. The smallest absolute Gasteiger partial charge is 0.408 e. The van der Waals surface area contributed by atoms with Crippen molar-refractivity contribution in [1.29, 1.82) is 0 Å². The summed E-state index contributed by atoms with van der Waals surface area (Å²) in [5, 5.41) is 39.3. The third kappa shape index (κ3) is 7.01. The molecule has 3 fully saturated rings. The van der Waals surface area contributed by atoms with E-state index in [9.17, 15) is 44.1 Å². The highest BCUT2D eigenvalue weighted by Crippen LogP contribution is 2.63. The second kappa shape index (κ2) is 15.0. The fourth-order valence-corrected chi connectivity index (χ4v) is 9.34. The molecule has 1 aliphatic heterocycles. The van der Waals surface area contributed by atoms with Gasteiger partial charge in [-0.1, -0.05) is 62.4 Å². The number of Topliss-reactive ketones (excluding diaryl/α,β-unsaturated/α-hetero) is 2. The van der Waals surface area contributed by atoms with Gasteiger partial charge in [0, 0.05) is 30.8 Å². The summed E-state index contributed by atoms with van der Waals surface area (Å²) >= 11 is 0. The van der Waals surface area contributed by atoms with E-state index < -0.39 is 112 Å². The van der Waals surface area contributed by atoms with Crippen LogP contribution in [0.3, 0.4) is 0 Å². The third-order valence-electron chi connectivity index (χ3n) is 12.4. The van der Waals surface area contributed by atoms with Gasteiger partial charge >= 0.3 is 24.0 Å². The first-order valence-corrected chi connectivity index (χ1v) is 19.2. The van der Waals surface area contributed by atoms with Gasteiger partial charge < -0.3 is 44.3 Å². The number of ether oxygens (including phenoxy) is 5. The number of fused-ring (bicyclic) bond motifs is 5. The van der Waals surface area contributed by atoms with Crippen LogP contribution in [0.5, 0.6) is 0 Å². The van der Waals surface area contributed by atoms with Crippen LogP contribution >= 0.6 is 0 Å². The predicted molar refractivity (Wildman–Crippen MR) is 203 cm³/mol. The van der Waals surface area contributed by atoms with Crippen LogP contribution in [0, 0.1) is 16.7 Å². The lowest BCUT2D eigenvalue weighted by Gasteiger charge is -2.66. The van der Waals surface area contributed by atoms with Crippen LogP contribution in [0.15, 0.2) is 71.8 Å². The molecule has 4 N–H and O–H groups in total. The lowest BCUT2D eigenvalue weighted by molar-refractivity contribution is -0.343. The van der Waals surface area contributed by atoms with Gasteiger partial charge in [0.15, 0.2) is 11.7 Å². The molecular weight excluding hydrogens is 754 g/mol. The van der Waals surface area contributed by atoms with Gasteiger partial charge in [-0.3, -0.25) is 14.4 Å². The molecule has 0 aromatic heterocycles. The fourth-order valence-electron chi connectivity index (χ4n) is 9.34. The molecular formula is C43H51NO14. The Labute approximate surface area is 336 Å². The topological polar surface area (TPSA) is 221 Å². The first-order chi connectivity index (χ1) is 27.0. The van der Waals surface area contributed by atoms with E-state index in [2.05, 4.69) is 5.32 Å². The molecule has 15 nitrogen and oxygen atoms in total. The lowest BCUT2D eigenvalue weighted by Crippen LogP contribution is -2.81. The molecule has 2 bridgehead atoms. The number of hydrogen-bond donors (Lipinski definition) is 4. The van der Waals surface area contributed by atoms with Crippen molar-refractivity contribution in [2.45, 2.75) is 122 Å². The van der Waals surface area contributed by atoms with E-state index in [4.69, 9.17) is 23.7 Å². The molecule has 15 heteroatoms. The number of hydrogen-bond acceptors (Lipinski definition) is 14. The molecule has 3 aliphatic carbocycles.